The molecule has 1 unspecified atom stereocenters. The van der Waals surface area contributed by atoms with E-state index in [1.165, 1.54) is 0 Å². The zero-order valence-corrected chi connectivity index (χ0v) is 11.4. The van der Waals surface area contributed by atoms with Gasteiger partial charge in [-0.15, -0.1) is 0 Å². The molecule has 0 bridgehead atoms. The van der Waals surface area contributed by atoms with Crippen molar-refractivity contribution in [2.75, 3.05) is 19.7 Å². The lowest BCUT2D eigenvalue weighted by Gasteiger charge is -2.35. The van der Waals surface area contributed by atoms with E-state index in [0.717, 1.165) is 25.9 Å². The quantitative estimate of drug-likeness (QED) is 0.783. The summed E-state index contributed by atoms with van der Waals surface area (Å²) in [7, 11) is 0. The molecule has 1 rings (SSSR count). The number of hydrogen-bond acceptors (Lipinski definition) is 3. The summed E-state index contributed by atoms with van der Waals surface area (Å²) in [6.45, 7) is 13.1. The highest BCUT2D eigenvalue weighted by molar-refractivity contribution is 4.99. The van der Waals surface area contributed by atoms with E-state index in [4.69, 9.17) is 9.84 Å². The van der Waals surface area contributed by atoms with Crippen LogP contribution in [-0.4, -0.2) is 46.9 Å². The van der Waals surface area contributed by atoms with Crippen LogP contribution in [0.15, 0.2) is 0 Å². The number of aliphatic hydroxyl groups is 1. The monoisotopic (exact) mass is 229 g/mol. The van der Waals surface area contributed by atoms with Crippen molar-refractivity contribution in [3.63, 3.8) is 0 Å². The van der Waals surface area contributed by atoms with E-state index in [0.29, 0.717) is 6.04 Å². The van der Waals surface area contributed by atoms with Crippen molar-refractivity contribution in [2.24, 2.45) is 0 Å². The second-order valence-electron chi connectivity index (χ2n) is 5.89. The molecule has 96 valence electrons. The van der Waals surface area contributed by atoms with E-state index in [1.807, 2.05) is 0 Å². The number of likely N-dealkylation sites (N-methyl/N-ethyl adjacent to an activating group) is 1. The number of hydrogen-bond donors (Lipinski definition) is 1. The van der Waals surface area contributed by atoms with Gasteiger partial charge in [-0.1, -0.05) is 6.92 Å². The van der Waals surface area contributed by atoms with Crippen LogP contribution in [0.2, 0.25) is 0 Å². The van der Waals surface area contributed by atoms with Gasteiger partial charge in [0.25, 0.3) is 0 Å². The maximum Gasteiger partial charge on any atom is 0.0789 e. The topological polar surface area (TPSA) is 32.7 Å². The first-order chi connectivity index (χ1) is 7.32. The lowest BCUT2D eigenvalue weighted by molar-refractivity contribution is -0.0804. The molecule has 1 atom stereocenters. The molecule has 0 aliphatic carbocycles. The van der Waals surface area contributed by atoms with Crippen molar-refractivity contribution in [3.05, 3.63) is 0 Å². The fourth-order valence-electron chi connectivity index (χ4n) is 2.91. The Balaban J connectivity index is 2.69. The van der Waals surface area contributed by atoms with Crippen LogP contribution >= 0.6 is 0 Å². The summed E-state index contributed by atoms with van der Waals surface area (Å²) < 4.78 is 6.11. The molecule has 0 saturated carbocycles. The second-order valence-corrected chi connectivity index (χ2v) is 5.89. The lowest BCUT2D eigenvalue weighted by Crippen LogP contribution is -2.46. The second kappa shape index (κ2) is 5.03. The van der Waals surface area contributed by atoms with Crippen LogP contribution in [0.4, 0.5) is 0 Å². The van der Waals surface area contributed by atoms with E-state index < -0.39 is 0 Å². The molecule has 0 aromatic rings. The summed E-state index contributed by atoms with van der Waals surface area (Å²) in [5.74, 6) is 0. The van der Waals surface area contributed by atoms with Crippen LogP contribution < -0.4 is 0 Å². The van der Waals surface area contributed by atoms with Crippen LogP contribution in [0, 0.1) is 0 Å². The van der Waals surface area contributed by atoms with Gasteiger partial charge in [-0.25, -0.2) is 0 Å². The molecule has 3 nitrogen and oxygen atoms in total. The van der Waals surface area contributed by atoms with E-state index >= 15 is 0 Å². The first-order valence-corrected chi connectivity index (χ1v) is 6.37. The van der Waals surface area contributed by atoms with Crippen molar-refractivity contribution >= 4 is 0 Å². The first kappa shape index (κ1) is 13.9. The fourth-order valence-corrected chi connectivity index (χ4v) is 2.91. The largest absolute Gasteiger partial charge is 0.396 e. The highest BCUT2D eigenvalue weighted by Crippen LogP contribution is 2.40. The maximum atomic E-state index is 8.93. The summed E-state index contributed by atoms with van der Waals surface area (Å²) in [5, 5.41) is 8.93. The molecule has 0 spiro atoms. The van der Waals surface area contributed by atoms with Crippen molar-refractivity contribution in [3.8, 4) is 0 Å². The minimum Gasteiger partial charge on any atom is -0.396 e. The lowest BCUT2D eigenvalue weighted by atomic mass is 9.93. The van der Waals surface area contributed by atoms with Crippen molar-refractivity contribution < 1.29 is 9.84 Å². The van der Waals surface area contributed by atoms with Gasteiger partial charge in [0.1, 0.15) is 0 Å². The van der Waals surface area contributed by atoms with Gasteiger partial charge in [0.2, 0.25) is 0 Å². The Bertz CT molecular complexity index is 226. The molecule has 1 heterocycles. The van der Waals surface area contributed by atoms with E-state index in [9.17, 15) is 0 Å². The average Bonchev–Trinajstić information content (AvgIpc) is 2.36. The normalized spacial score (nSPS) is 27.6. The summed E-state index contributed by atoms with van der Waals surface area (Å²) in [5.41, 5.74) is -0.115. The average molecular weight is 229 g/mol. The molecular formula is C13H27NO2. The number of ether oxygens (including phenoxy) is 1. The Kier molecular flexibility index (Phi) is 4.38. The smallest absolute Gasteiger partial charge is 0.0789 e. The third-order valence-electron chi connectivity index (χ3n) is 3.48. The summed E-state index contributed by atoms with van der Waals surface area (Å²) in [6.07, 6.45) is 1.92. The maximum absolute atomic E-state index is 8.93. The van der Waals surface area contributed by atoms with Crippen LogP contribution in [0.25, 0.3) is 0 Å². The standard InChI is InChI=1S/C13H27NO2/c1-6-14(8-7-9-15)11-10-12(2,3)16-13(11,4)5/h11,15H,6-10H2,1-5H3. The van der Waals surface area contributed by atoms with Crippen molar-refractivity contribution in [2.45, 2.75) is 64.7 Å². The van der Waals surface area contributed by atoms with Gasteiger partial charge in [-0.3, -0.25) is 4.90 Å². The number of nitrogens with zero attached hydrogens (tertiary/aromatic N) is 1. The highest BCUT2D eigenvalue weighted by atomic mass is 16.5. The van der Waals surface area contributed by atoms with Gasteiger partial charge in [0, 0.05) is 19.2 Å². The molecule has 1 aliphatic heterocycles. The fraction of sp³-hybridized carbons (Fsp3) is 1.00. The third kappa shape index (κ3) is 3.19. The molecule has 1 fully saturated rings. The van der Waals surface area contributed by atoms with Crippen LogP contribution in [-0.2, 0) is 4.74 Å². The molecule has 3 heteroatoms. The Labute approximate surface area is 99.8 Å². The Hall–Kier alpha value is -0.120. The molecule has 0 radical (unpaired) electrons. The predicted octanol–water partition coefficient (Wildman–Crippen LogP) is 2.04. The van der Waals surface area contributed by atoms with Gasteiger partial charge in [0.05, 0.1) is 11.2 Å². The number of rotatable bonds is 5. The molecule has 0 aromatic heterocycles. The zero-order chi connectivity index (χ0) is 12.4. The van der Waals surface area contributed by atoms with Gasteiger partial charge in [-0.05, 0) is 47.1 Å². The highest BCUT2D eigenvalue weighted by Gasteiger charge is 2.47. The Morgan fingerprint density at radius 2 is 1.94 bits per heavy atom. The van der Waals surface area contributed by atoms with Gasteiger partial charge >= 0.3 is 0 Å². The summed E-state index contributed by atoms with van der Waals surface area (Å²) >= 11 is 0. The van der Waals surface area contributed by atoms with Gasteiger partial charge in [-0.2, -0.15) is 0 Å². The van der Waals surface area contributed by atoms with Crippen molar-refractivity contribution in [1.82, 2.24) is 4.90 Å². The molecule has 0 aromatic carbocycles. The molecule has 1 aliphatic rings. The minimum absolute atomic E-state index is 0.0270. The van der Waals surface area contributed by atoms with E-state index in [-0.39, 0.29) is 17.8 Å². The van der Waals surface area contributed by atoms with Crippen LogP contribution in [0.3, 0.4) is 0 Å². The molecule has 1 saturated heterocycles. The van der Waals surface area contributed by atoms with E-state index in [1.54, 1.807) is 0 Å². The molecular weight excluding hydrogens is 202 g/mol. The van der Waals surface area contributed by atoms with Gasteiger partial charge in [0.15, 0.2) is 0 Å². The van der Waals surface area contributed by atoms with Gasteiger partial charge < -0.3 is 9.84 Å². The SMILES string of the molecule is CCN(CCCO)C1CC(C)(C)OC1(C)C. The van der Waals surface area contributed by atoms with Crippen molar-refractivity contribution in [1.29, 1.82) is 0 Å². The Morgan fingerprint density at radius 1 is 1.31 bits per heavy atom. The molecule has 0 amide bonds. The first-order valence-electron chi connectivity index (χ1n) is 6.37. The van der Waals surface area contributed by atoms with Crippen LogP contribution in [0.5, 0.6) is 0 Å². The van der Waals surface area contributed by atoms with Crippen LogP contribution in [0.1, 0.15) is 47.5 Å². The molecule has 16 heavy (non-hydrogen) atoms. The zero-order valence-electron chi connectivity index (χ0n) is 11.4. The third-order valence-corrected chi connectivity index (χ3v) is 3.48. The minimum atomic E-state index is -0.0883. The summed E-state index contributed by atoms with van der Waals surface area (Å²) in [4.78, 5) is 2.44. The Morgan fingerprint density at radius 3 is 2.31 bits per heavy atom. The predicted molar refractivity (Wildman–Crippen MR) is 66.6 cm³/mol. The van der Waals surface area contributed by atoms with E-state index in [2.05, 4.69) is 39.5 Å². The number of aliphatic hydroxyl groups excluding tert-OH is 1. The molecule has 1 N–H and O–H groups in total. The summed E-state index contributed by atoms with van der Waals surface area (Å²) in [6, 6.07) is 0.457.